The number of benzene rings is 2. The molecule has 0 bridgehead atoms. The van der Waals surface area contributed by atoms with Gasteiger partial charge in [-0.2, -0.15) is 0 Å². The predicted molar refractivity (Wildman–Crippen MR) is 87.4 cm³/mol. The van der Waals surface area contributed by atoms with Crippen LogP contribution in [0.15, 0.2) is 48.5 Å². The average Bonchev–Trinajstić information content (AvgIpc) is 3.05. The second-order valence-corrected chi connectivity index (χ2v) is 6.13. The summed E-state index contributed by atoms with van der Waals surface area (Å²) in [5.41, 5.74) is 1.99. The lowest BCUT2D eigenvalue weighted by molar-refractivity contribution is 0.0979. The summed E-state index contributed by atoms with van der Waals surface area (Å²) in [7, 11) is 1.60. The monoisotopic (exact) mass is 321 g/mol. The second kappa shape index (κ2) is 5.14. The van der Waals surface area contributed by atoms with Gasteiger partial charge in [0.2, 0.25) is 11.6 Å². The first kappa shape index (κ1) is 13.8. The highest BCUT2D eigenvalue weighted by molar-refractivity contribution is 7.17. The van der Waals surface area contributed by atoms with Crippen molar-refractivity contribution < 1.29 is 14.3 Å². The van der Waals surface area contributed by atoms with Gasteiger partial charge < -0.3 is 4.74 Å². The van der Waals surface area contributed by atoms with E-state index >= 15 is 0 Å². The number of thiazole rings is 1. The maximum Gasteiger partial charge on any atom is 0.213 e. The molecule has 4 nitrogen and oxygen atoms in total. The van der Waals surface area contributed by atoms with E-state index in [-0.39, 0.29) is 17.3 Å². The molecule has 112 valence electrons. The molecule has 3 aromatic rings. The molecule has 0 fully saturated rings. The average molecular weight is 321 g/mol. The van der Waals surface area contributed by atoms with Crippen molar-refractivity contribution in [1.29, 1.82) is 0 Å². The fraction of sp³-hybridized carbons (Fsp3) is 0.0556. The van der Waals surface area contributed by atoms with E-state index in [1.54, 1.807) is 31.4 Å². The van der Waals surface area contributed by atoms with Crippen LogP contribution in [0.2, 0.25) is 0 Å². The van der Waals surface area contributed by atoms with Crippen molar-refractivity contribution in [2.24, 2.45) is 0 Å². The van der Waals surface area contributed by atoms with Gasteiger partial charge in [0.15, 0.2) is 0 Å². The Labute approximate surface area is 136 Å². The Morgan fingerprint density at radius 1 is 0.913 bits per heavy atom. The molecule has 1 heterocycles. The first-order valence-electron chi connectivity index (χ1n) is 7.02. The van der Waals surface area contributed by atoms with Gasteiger partial charge in [-0.1, -0.05) is 24.3 Å². The van der Waals surface area contributed by atoms with Crippen LogP contribution in [0.4, 0.5) is 0 Å². The number of ketones is 2. The van der Waals surface area contributed by atoms with Crippen molar-refractivity contribution in [3.8, 4) is 16.3 Å². The van der Waals surface area contributed by atoms with Gasteiger partial charge in [0.25, 0.3) is 0 Å². The molecule has 0 radical (unpaired) electrons. The molecule has 0 amide bonds. The van der Waals surface area contributed by atoms with Crippen molar-refractivity contribution >= 4 is 22.9 Å². The Morgan fingerprint density at radius 3 is 2.22 bits per heavy atom. The van der Waals surface area contributed by atoms with Crippen LogP contribution < -0.4 is 4.74 Å². The Hall–Kier alpha value is -2.79. The number of rotatable bonds is 2. The Balaban J connectivity index is 1.83. The van der Waals surface area contributed by atoms with Crippen LogP contribution in [0.1, 0.15) is 31.3 Å². The molecular formula is C18H11NO3S. The van der Waals surface area contributed by atoms with Gasteiger partial charge in [0, 0.05) is 16.7 Å². The Morgan fingerprint density at radius 2 is 1.57 bits per heavy atom. The number of methoxy groups -OCH3 is 1. The third-order valence-corrected chi connectivity index (χ3v) is 4.90. The van der Waals surface area contributed by atoms with Gasteiger partial charge >= 0.3 is 0 Å². The van der Waals surface area contributed by atoms with E-state index in [0.717, 1.165) is 11.3 Å². The predicted octanol–water partition coefficient (Wildman–Crippen LogP) is 3.59. The minimum atomic E-state index is -0.189. The van der Waals surface area contributed by atoms with Crippen molar-refractivity contribution in [2.75, 3.05) is 7.11 Å². The van der Waals surface area contributed by atoms with E-state index in [1.807, 2.05) is 24.3 Å². The van der Waals surface area contributed by atoms with Gasteiger partial charge in [-0.05, 0) is 24.3 Å². The highest BCUT2D eigenvalue weighted by Crippen LogP contribution is 2.35. The summed E-state index contributed by atoms with van der Waals surface area (Å²) in [5, 5.41) is 0.659. The number of carbonyl (C=O) groups excluding carboxylic acids is 2. The van der Waals surface area contributed by atoms with Gasteiger partial charge in [-0.25, -0.2) is 4.98 Å². The third-order valence-electron chi connectivity index (χ3n) is 3.80. The number of fused-ring (bicyclic) bond motifs is 2. The fourth-order valence-corrected chi connectivity index (χ4v) is 3.64. The Bertz CT molecular complexity index is 889. The van der Waals surface area contributed by atoms with Gasteiger partial charge in [0.05, 0.1) is 7.11 Å². The molecule has 0 atom stereocenters. The zero-order valence-electron chi connectivity index (χ0n) is 12.2. The number of aromatic nitrogens is 1. The molecule has 0 unspecified atom stereocenters. The van der Waals surface area contributed by atoms with Gasteiger partial charge in [-0.3, -0.25) is 9.59 Å². The molecule has 4 rings (SSSR count). The zero-order chi connectivity index (χ0) is 16.0. The second-order valence-electron chi connectivity index (χ2n) is 5.13. The van der Waals surface area contributed by atoms with Crippen molar-refractivity contribution in [1.82, 2.24) is 4.98 Å². The number of ether oxygens (including phenoxy) is 1. The summed E-state index contributed by atoms with van der Waals surface area (Å²) in [6.45, 7) is 0. The van der Waals surface area contributed by atoms with Crippen LogP contribution in [-0.4, -0.2) is 23.7 Å². The van der Waals surface area contributed by atoms with E-state index in [2.05, 4.69) is 4.98 Å². The van der Waals surface area contributed by atoms with Crippen LogP contribution >= 0.6 is 11.3 Å². The first-order chi connectivity index (χ1) is 11.2. The molecular weight excluding hydrogens is 310 g/mol. The lowest BCUT2D eigenvalue weighted by Gasteiger charge is -2.11. The van der Waals surface area contributed by atoms with E-state index in [4.69, 9.17) is 4.74 Å². The summed E-state index contributed by atoms with van der Waals surface area (Å²) >= 11 is 1.26. The van der Waals surface area contributed by atoms with Crippen LogP contribution in [-0.2, 0) is 0 Å². The summed E-state index contributed by atoms with van der Waals surface area (Å²) < 4.78 is 5.14. The van der Waals surface area contributed by atoms with Crippen LogP contribution in [0, 0.1) is 0 Å². The minimum Gasteiger partial charge on any atom is -0.497 e. The molecule has 2 aromatic carbocycles. The van der Waals surface area contributed by atoms with E-state index in [1.165, 1.54) is 11.3 Å². The topological polar surface area (TPSA) is 56.3 Å². The van der Waals surface area contributed by atoms with Crippen LogP contribution in [0.25, 0.3) is 10.6 Å². The normalized spacial score (nSPS) is 12.7. The van der Waals surface area contributed by atoms with Gasteiger partial charge in [-0.15, -0.1) is 11.3 Å². The highest BCUT2D eigenvalue weighted by atomic mass is 32.1. The van der Waals surface area contributed by atoms with E-state index in [9.17, 15) is 9.59 Å². The van der Waals surface area contributed by atoms with E-state index < -0.39 is 0 Å². The summed E-state index contributed by atoms with van der Waals surface area (Å²) in [6, 6.07) is 14.3. The summed E-state index contributed by atoms with van der Waals surface area (Å²) in [5.74, 6) is 0.424. The number of hydrogen-bond acceptors (Lipinski definition) is 5. The molecule has 1 aliphatic rings. The maximum atomic E-state index is 12.6. The molecule has 0 saturated carbocycles. The number of carbonyl (C=O) groups is 2. The summed E-state index contributed by atoms with van der Waals surface area (Å²) in [4.78, 5) is 30.0. The largest absolute Gasteiger partial charge is 0.497 e. The highest BCUT2D eigenvalue weighted by Gasteiger charge is 2.33. The summed E-state index contributed by atoms with van der Waals surface area (Å²) in [6.07, 6.45) is 0. The molecule has 0 spiro atoms. The molecule has 0 saturated heterocycles. The standard InChI is InChI=1S/C18H11NO3S/c1-22-11-8-6-10(7-9-11)18-19-14-15(20)12-4-2-3-5-13(12)16(21)17(14)23-18/h2-9H,1H3. The van der Waals surface area contributed by atoms with Crippen LogP contribution in [0.5, 0.6) is 5.75 Å². The smallest absolute Gasteiger partial charge is 0.213 e. The molecule has 1 aromatic heterocycles. The first-order valence-corrected chi connectivity index (χ1v) is 7.84. The molecule has 0 aliphatic heterocycles. The van der Waals surface area contributed by atoms with E-state index in [0.29, 0.717) is 21.0 Å². The number of hydrogen-bond donors (Lipinski definition) is 0. The maximum absolute atomic E-state index is 12.6. The molecule has 23 heavy (non-hydrogen) atoms. The van der Waals surface area contributed by atoms with Crippen LogP contribution in [0.3, 0.4) is 0 Å². The zero-order valence-corrected chi connectivity index (χ0v) is 13.0. The van der Waals surface area contributed by atoms with Crippen molar-refractivity contribution in [2.45, 2.75) is 0 Å². The number of nitrogens with zero attached hydrogens (tertiary/aromatic N) is 1. The molecule has 1 aliphatic carbocycles. The van der Waals surface area contributed by atoms with Gasteiger partial charge in [0.1, 0.15) is 21.3 Å². The lowest BCUT2D eigenvalue weighted by Crippen LogP contribution is -2.19. The van der Waals surface area contributed by atoms with Crippen molar-refractivity contribution in [3.05, 3.63) is 70.2 Å². The quantitative estimate of drug-likeness (QED) is 0.566. The third kappa shape index (κ3) is 2.09. The fourth-order valence-electron chi connectivity index (χ4n) is 2.61. The minimum absolute atomic E-state index is 0.132. The molecule has 5 heteroatoms. The van der Waals surface area contributed by atoms with Crippen molar-refractivity contribution in [3.63, 3.8) is 0 Å². The SMILES string of the molecule is COc1ccc(-c2nc3c(s2)C(=O)c2ccccc2C3=O)cc1. The molecule has 0 N–H and O–H groups in total. The lowest BCUT2D eigenvalue weighted by atomic mass is 9.91. The Kier molecular flexibility index (Phi) is 3.09.